The quantitative estimate of drug-likeness (QED) is 0.767. The third kappa shape index (κ3) is 1.97. The van der Waals surface area contributed by atoms with Gasteiger partial charge in [0.15, 0.2) is 0 Å². The highest BCUT2D eigenvalue weighted by Crippen LogP contribution is 2.39. The summed E-state index contributed by atoms with van der Waals surface area (Å²) in [6.07, 6.45) is 5.64. The first-order chi connectivity index (χ1) is 7.12. The van der Waals surface area contributed by atoms with Gasteiger partial charge in [0.2, 0.25) is 0 Å². The smallest absolute Gasteiger partial charge is 0.0926 e. The normalized spacial score (nSPS) is 31.5. The Labute approximate surface area is 90.7 Å². The van der Waals surface area contributed by atoms with Crippen LogP contribution in [-0.2, 0) is 10.3 Å². The minimum absolute atomic E-state index is 0.231. The average molecular weight is 206 g/mol. The molecular weight excluding hydrogens is 188 g/mol. The number of anilines is 1. The molecule has 1 fully saturated rings. The van der Waals surface area contributed by atoms with Crippen molar-refractivity contribution in [2.24, 2.45) is 5.92 Å². The predicted octanol–water partition coefficient (Wildman–Crippen LogP) is 2.33. The van der Waals surface area contributed by atoms with Gasteiger partial charge in [0.05, 0.1) is 17.5 Å². The van der Waals surface area contributed by atoms with E-state index in [0.29, 0.717) is 5.92 Å². The molecule has 82 valence electrons. The van der Waals surface area contributed by atoms with Gasteiger partial charge in [-0.2, -0.15) is 0 Å². The van der Waals surface area contributed by atoms with Crippen molar-refractivity contribution >= 4 is 5.69 Å². The molecule has 2 unspecified atom stereocenters. The van der Waals surface area contributed by atoms with Crippen LogP contribution in [0.1, 0.15) is 32.3 Å². The summed E-state index contributed by atoms with van der Waals surface area (Å²) in [5.41, 5.74) is 7.51. The molecule has 3 nitrogen and oxygen atoms in total. The Kier molecular flexibility index (Phi) is 2.65. The summed E-state index contributed by atoms with van der Waals surface area (Å²) in [4.78, 5) is 4.01. The molecule has 1 aromatic heterocycles. The SMILES string of the molecule is CC1CCOC(C)(c2ccncc2N)C1. The molecule has 2 rings (SSSR count). The van der Waals surface area contributed by atoms with E-state index in [0.717, 1.165) is 30.7 Å². The van der Waals surface area contributed by atoms with Gasteiger partial charge in [-0.3, -0.25) is 4.98 Å². The number of pyridine rings is 1. The highest BCUT2D eigenvalue weighted by molar-refractivity contribution is 5.47. The molecule has 0 aromatic carbocycles. The van der Waals surface area contributed by atoms with Crippen LogP contribution < -0.4 is 5.73 Å². The fourth-order valence-corrected chi connectivity index (χ4v) is 2.39. The Hall–Kier alpha value is -1.09. The Balaban J connectivity index is 2.32. The van der Waals surface area contributed by atoms with Crippen molar-refractivity contribution in [3.8, 4) is 0 Å². The molecule has 0 bridgehead atoms. The zero-order chi connectivity index (χ0) is 10.9. The van der Waals surface area contributed by atoms with Gasteiger partial charge in [-0.15, -0.1) is 0 Å². The molecular formula is C12H18N2O. The van der Waals surface area contributed by atoms with Crippen LogP contribution in [-0.4, -0.2) is 11.6 Å². The lowest BCUT2D eigenvalue weighted by Crippen LogP contribution is -2.34. The van der Waals surface area contributed by atoms with Crippen LogP contribution in [0.25, 0.3) is 0 Å². The number of ether oxygens (including phenoxy) is 1. The number of nitrogens with two attached hydrogens (primary N) is 1. The zero-order valence-electron chi connectivity index (χ0n) is 9.36. The molecule has 15 heavy (non-hydrogen) atoms. The first kappa shape index (κ1) is 10.4. The van der Waals surface area contributed by atoms with E-state index in [9.17, 15) is 0 Å². The summed E-state index contributed by atoms with van der Waals surface area (Å²) in [5, 5.41) is 0. The fourth-order valence-electron chi connectivity index (χ4n) is 2.39. The molecule has 2 atom stereocenters. The van der Waals surface area contributed by atoms with Gasteiger partial charge in [0, 0.05) is 18.4 Å². The summed E-state index contributed by atoms with van der Waals surface area (Å²) >= 11 is 0. The van der Waals surface area contributed by atoms with E-state index in [2.05, 4.69) is 18.8 Å². The second-order valence-corrected chi connectivity index (χ2v) is 4.64. The third-order valence-corrected chi connectivity index (χ3v) is 3.19. The molecule has 0 radical (unpaired) electrons. The van der Waals surface area contributed by atoms with Crippen LogP contribution >= 0.6 is 0 Å². The van der Waals surface area contributed by atoms with Crippen LogP contribution in [0.5, 0.6) is 0 Å². The van der Waals surface area contributed by atoms with Crippen LogP contribution in [0.2, 0.25) is 0 Å². The van der Waals surface area contributed by atoms with Crippen molar-refractivity contribution in [2.45, 2.75) is 32.3 Å². The monoisotopic (exact) mass is 206 g/mol. The molecule has 2 heterocycles. The second kappa shape index (κ2) is 3.81. The van der Waals surface area contributed by atoms with Crippen molar-refractivity contribution < 1.29 is 4.74 Å². The first-order valence-corrected chi connectivity index (χ1v) is 5.46. The topological polar surface area (TPSA) is 48.1 Å². The van der Waals surface area contributed by atoms with Crippen molar-refractivity contribution in [3.63, 3.8) is 0 Å². The summed E-state index contributed by atoms with van der Waals surface area (Å²) < 4.78 is 5.89. The average Bonchev–Trinajstić information content (AvgIpc) is 2.17. The summed E-state index contributed by atoms with van der Waals surface area (Å²) in [5.74, 6) is 0.691. The third-order valence-electron chi connectivity index (χ3n) is 3.19. The van der Waals surface area contributed by atoms with Crippen molar-refractivity contribution in [1.29, 1.82) is 0 Å². The van der Waals surface area contributed by atoms with E-state index >= 15 is 0 Å². The van der Waals surface area contributed by atoms with E-state index in [1.165, 1.54) is 0 Å². The molecule has 2 N–H and O–H groups in total. The number of nitrogen functional groups attached to an aromatic ring is 1. The molecule has 1 saturated heterocycles. The molecule has 0 aliphatic carbocycles. The minimum atomic E-state index is -0.231. The number of hydrogen-bond donors (Lipinski definition) is 1. The van der Waals surface area contributed by atoms with Crippen LogP contribution in [0.15, 0.2) is 18.5 Å². The molecule has 1 aliphatic rings. The van der Waals surface area contributed by atoms with Crippen molar-refractivity contribution in [3.05, 3.63) is 24.0 Å². The Morgan fingerprint density at radius 3 is 3.07 bits per heavy atom. The van der Waals surface area contributed by atoms with Crippen molar-refractivity contribution in [1.82, 2.24) is 4.98 Å². The number of aromatic nitrogens is 1. The van der Waals surface area contributed by atoms with Crippen LogP contribution in [0.4, 0.5) is 5.69 Å². The van der Waals surface area contributed by atoms with Crippen LogP contribution in [0, 0.1) is 5.92 Å². The first-order valence-electron chi connectivity index (χ1n) is 5.46. The maximum Gasteiger partial charge on any atom is 0.0926 e. The van der Waals surface area contributed by atoms with E-state index in [1.54, 1.807) is 12.4 Å². The molecule has 0 spiro atoms. The van der Waals surface area contributed by atoms with E-state index in [1.807, 2.05) is 6.07 Å². The number of rotatable bonds is 1. The van der Waals surface area contributed by atoms with Gasteiger partial charge in [0.25, 0.3) is 0 Å². The Bertz CT molecular complexity index is 353. The lowest BCUT2D eigenvalue weighted by atomic mass is 9.83. The van der Waals surface area contributed by atoms with Gasteiger partial charge in [0.1, 0.15) is 0 Å². The lowest BCUT2D eigenvalue weighted by Gasteiger charge is -2.38. The standard InChI is InChI=1S/C12H18N2O/c1-9-4-6-15-12(2,7-9)10-3-5-14-8-11(10)13/h3,5,8-9H,4,6-7,13H2,1-2H3. The maximum atomic E-state index is 5.94. The van der Waals surface area contributed by atoms with E-state index in [4.69, 9.17) is 10.5 Å². The lowest BCUT2D eigenvalue weighted by molar-refractivity contribution is -0.0870. The number of hydrogen-bond acceptors (Lipinski definition) is 3. The van der Waals surface area contributed by atoms with Gasteiger partial charge in [-0.25, -0.2) is 0 Å². The van der Waals surface area contributed by atoms with Gasteiger partial charge >= 0.3 is 0 Å². The van der Waals surface area contributed by atoms with E-state index in [-0.39, 0.29) is 5.60 Å². The van der Waals surface area contributed by atoms with Gasteiger partial charge in [-0.1, -0.05) is 6.92 Å². The molecule has 1 aliphatic heterocycles. The van der Waals surface area contributed by atoms with E-state index < -0.39 is 0 Å². The Morgan fingerprint density at radius 1 is 1.60 bits per heavy atom. The molecule has 1 aromatic rings. The predicted molar refractivity (Wildman–Crippen MR) is 60.4 cm³/mol. The maximum absolute atomic E-state index is 5.94. The fraction of sp³-hybridized carbons (Fsp3) is 0.583. The molecule has 0 amide bonds. The van der Waals surface area contributed by atoms with Gasteiger partial charge < -0.3 is 10.5 Å². The molecule has 0 saturated carbocycles. The highest BCUT2D eigenvalue weighted by atomic mass is 16.5. The summed E-state index contributed by atoms with van der Waals surface area (Å²) in [6.45, 7) is 5.20. The Morgan fingerprint density at radius 2 is 2.40 bits per heavy atom. The van der Waals surface area contributed by atoms with Crippen molar-refractivity contribution in [2.75, 3.05) is 12.3 Å². The second-order valence-electron chi connectivity index (χ2n) is 4.64. The van der Waals surface area contributed by atoms with Gasteiger partial charge in [-0.05, 0) is 31.7 Å². The largest absolute Gasteiger partial charge is 0.397 e. The minimum Gasteiger partial charge on any atom is -0.397 e. The highest BCUT2D eigenvalue weighted by Gasteiger charge is 2.34. The zero-order valence-corrected chi connectivity index (χ0v) is 9.36. The van der Waals surface area contributed by atoms with Crippen LogP contribution in [0.3, 0.4) is 0 Å². The summed E-state index contributed by atoms with van der Waals surface area (Å²) in [6, 6.07) is 1.97. The number of nitrogens with zero attached hydrogens (tertiary/aromatic N) is 1. The molecule has 3 heteroatoms. The summed E-state index contributed by atoms with van der Waals surface area (Å²) in [7, 11) is 0.